The maximum atomic E-state index is 12.0. The van der Waals surface area contributed by atoms with E-state index in [1.807, 2.05) is 12.1 Å². The lowest BCUT2D eigenvalue weighted by atomic mass is 9.93. The van der Waals surface area contributed by atoms with Crippen LogP contribution in [0, 0.1) is 0 Å². The Kier molecular flexibility index (Phi) is 2.88. The minimum atomic E-state index is -0.0328. The van der Waals surface area contributed by atoms with Crippen LogP contribution in [0.1, 0.15) is 30.9 Å². The van der Waals surface area contributed by atoms with Gasteiger partial charge in [-0.3, -0.25) is 9.69 Å². The zero-order valence-corrected chi connectivity index (χ0v) is 10.5. The highest BCUT2D eigenvalue weighted by molar-refractivity contribution is 5.81. The number of hydrogen-bond donors (Lipinski definition) is 1. The molecular formula is C14H17N3O. The number of piperidine rings is 1. The number of aromatic amines is 1. The smallest absolute Gasteiger partial charge is 0.258 e. The predicted molar refractivity (Wildman–Crippen MR) is 71.6 cm³/mol. The van der Waals surface area contributed by atoms with Gasteiger partial charge in [0, 0.05) is 6.04 Å². The van der Waals surface area contributed by atoms with E-state index in [0.717, 1.165) is 29.4 Å². The van der Waals surface area contributed by atoms with Crippen LogP contribution in [0.2, 0.25) is 0 Å². The highest BCUT2D eigenvalue weighted by atomic mass is 16.1. The third kappa shape index (κ3) is 1.82. The zero-order chi connectivity index (χ0) is 12.5. The van der Waals surface area contributed by atoms with Crippen LogP contribution in [0.5, 0.6) is 0 Å². The topological polar surface area (TPSA) is 49.0 Å². The summed E-state index contributed by atoms with van der Waals surface area (Å²) in [5.41, 5.74) is 1.87. The van der Waals surface area contributed by atoms with Gasteiger partial charge in [-0.15, -0.1) is 0 Å². The maximum absolute atomic E-state index is 12.0. The molecule has 2 heterocycles. The molecule has 1 atom stereocenters. The molecule has 1 aliphatic heterocycles. The second-order valence-corrected chi connectivity index (χ2v) is 4.97. The quantitative estimate of drug-likeness (QED) is 0.834. The van der Waals surface area contributed by atoms with Crippen molar-refractivity contribution >= 4 is 10.9 Å². The molecule has 0 radical (unpaired) electrons. The summed E-state index contributed by atoms with van der Waals surface area (Å²) in [5.74, 6) is 0. The maximum Gasteiger partial charge on any atom is 0.258 e. The lowest BCUT2D eigenvalue weighted by Gasteiger charge is -2.33. The Morgan fingerprint density at radius 1 is 1.39 bits per heavy atom. The third-order valence-corrected chi connectivity index (χ3v) is 3.83. The van der Waals surface area contributed by atoms with Crippen LogP contribution < -0.4 is 5.56 Å². The molecule has 1 fully saturated rings. The molecule has 0 aliphatic carbocycles. The first-order valence-corrected chi connectivity index (χ1v) is 6.44. The predicted octanol–water partition coefficient (Wildman–Crippen LogP) is 2.08. The molecule has 0 amide bonds. The molecule has 0 bridgehead atoms. The van der Waals surface area contributed by atoms with E-state index in [0.29, 0.717) is 6.04 Å². The number of H-pyrrole nitrogens is 1. The normalized spacial score (nSPS) is 21.3. The molecule has 3 rings (SSSR count). The number of fused-ring (bicyclic) bond motifs is 1. The Morgan fingerprint density at radius 3 is 3.11 bits per heavy atom. The van der Waals surface area contributed by atoms with Gasteiger partial charge in [-0.1, -0.05) is 18.6 Å². The third-order valence-electron chi connectivity index (χ3n) is 3.83. The number of aromatic nitrogens is 2. The molecule has 94 valence electrons. The van der Waals surface area contributed by atoms with Gasteiger partial charge in [-0.25, -0.2) is 4.98 Å². The molecule has 4 heteroatoms. The summed E-state index contributed by atoms with van der Waals surface area (Å²) in [6.45, 7) is 1.10. The van der Waals surface area contributed by atoms with Crippen molar-refractivity contribution in [1.29, 1.82) is 0 Å². The van der Waals surface area contributed by atoms with Crippen molar-refractivity contribution in [1.82, 2.24) is 14.9 Å². The van der Waals surface area contributed by atoms with Crippen molar-refractivity contribution in [2.45, 2.75) is 25.3 Å². The van der Waals surface area contributed by atoms with Crippen LogP contribution in [0.4, 0.5) is 0 Å². The minimum Gasteiger partial charge on any atom is -0.313 e. The van der Waals surface area contributed by atoms with Gasteiger partial charge in [0.2, 0.25) is 0 Å². The number of benzene rings is 1. The molecule has 0 spiro atoms. The van der Waals surface area contributed by atoms with Crippen LogP contribution in [0.15, 0.2) is 29.3 Å². The Balaban J connectivity index is 2.19. The summed E-state index contributed by atoms with van der Waals surface area (Å²) in [6, 6.07) is 6.29. The second-order valence-electron chi connectivity index (χ2n) is 4.97. The largest absolute Gasteiger partial charge is 0.313 e. The molecular weight excluding hydrogens is 226 g/mol. The lowest BCUT2D eigenvalue weighted by molar-refractivity contribution is 0.188. The van der Waals surface area contributed by atoms with Gasteiger partial charge >= 0.3 is 0 Å². The number of hydrogen-bond acceptors (Lipinski definition) is 3. The Bertz CT molecular complexity index is 614. The Hall–Kier alpha value is -1.68. The molecule has 2 aromatic rings. The molecule has 1 aromatic carbocycles. The van der Waals surface area contributed by atoms with Crippen molar-refractivity contribution in [2.75, 3.05) is 13.6 Å². The number of likely N-dealkylation sites (tertiary alicyclic amines) is 1. The monoisotopic (exact) mass is 243 g/mol. The van der Waals surface area contributed by atoms with E-state index in [2.05, 4.69) is 28.0 Å². The standard InChI is InChI=1S/C14H17N3O/c1-17-8-3-2-7-12(17)10-5-4-6-11-13(10)14(18)16-9-15-11/h4-6,9,12H,2-3,7-8H2,1H3,(H,15,16,18). The summed E-state index contributed by atoms with van der Waals surface area (Å²) in [5, 5.41) is 0.749. The fourth-order valence-electron chi connectivity index (χ4n) is 2.89. The first kappa shape index (κ1) is 11.4. The fraction of sp³-hybridized carbons (Fsp3) is 0.429. The Morgan fingerprint density at radius 2 is 2.28 bits per heavy atom. The molecule has 1 aromatic heterocycles. The minimum absolute atomic E-state index is 0.0328. The highest BCUT2D eigenvalue weighted by Gasteiger charge is 2.23. The van der Waals surface area contributed by atoms with Crippen LogP contribution in [-0.4, -0.2) is 28.5 Å². The van der Waals surface area contributed by atoms with Crippen molar-refractivity contribution in [2.24, 2.45) is 0 Å². The van der Waals surface area contributed by atoms with Gasteiger partial charge in [0.15, 0.2) is 0 Å². The van der Waals surface area contributed by atoms with Gasteiger partial charge in [0.05, 0.1) is 17.2 Å². The summed E-state index contributed by atoms with van der Waals surface area (Å²) in [7, 11) is 2.13. The first-order valence-electron chi connectivity index (χ1n) is 6.44. The summed E-state index contributed by atoms with van der Waals surface area (Å²) < 4.78 is 0. The summed E-state index contributed by atoms with van der Waals surface area (Å²) in [4.78, 5) is 21.3. The van der Waals surface area contributed by atoms with Gasteiger partial charge < -0.3 is 4.98 Å². The molecule has 1 saturated heterocycles. The molecule has 0 saturated carbocycles. The van der Waals surface area contributed by atoms with Crippen LogP contribution in [0.25, 0.3) is 10.9 Å². The SMILES string of the molecule is CN1CCCCC1c1cccc2nc[nH]c(=O)c12. The van der Waals surface area contributed by atoms with E-state index in [-0.39, 0.29) is 5.56 Å². The molecule has 4 nitrogen and oxygen atoms in total. The summed E-state index contributed by atoms with van der Waals surface area (Å²) in [6.07, 6.45) is 5.05. The van der Waals surface area contributed by atoms with E-state index in [9.17, 15) is 4.79 Å². The average Bonchev–Trinajstić information content (AvgIpc) is 2.39. The van der Waals surface area contributed by atoms with Gasteiger partial charge in [-0.2, -0.15) is 0 Å². The van der Waals surface area contributed by atoms with Crippen LogP contribution in [-0.2, 0) is 0 Å². The van der Waals surface area contributed by atoms with Gasteiger partial charge in [-0.05, 0) is 38.1 Å². The van der Waals surface area contributed by atoms with Gasteiger partial charge in [0.1, 0.15) is 0 Å². The Labute approximate surface area is 106 Å². The van der Waals surface area contributed by atoms with E-state index >= 15 is 0 Å². The number of nitrogens with one attached hydrogen (secondary N) is 1. The first-order chi connectivity index (χ1) is 8.77. The second kappa shape index (κ2) is 4.53. The lowest BCUT2D eigenvalue weighted by Crippen LogP contribution is -2.30. The van der Waals surface area contributed by atoms with E-state index in [1.165, 1.54) is 19.2 Å². The van der Waals surface area contributed by atoms with E-state index < -0.39 is 0 Å². The molecule has 18 heavy (non-hydrogen) atoms. The molecule has 1 unspecified atom stereocenters. The van der Waals surface area contributed by atoms with Gasteiger partial charge in [0.25, 0.3) is 5.56 Å². The number of rotatable bonds is 1. The highest BCUT2D eigenvalue weighted by Crippen LogP contribution is 2.32. The summed E-state index contributed by atoms with van der Waals surface area (Å²) >= 11 is 0. The number of nitrogens with zero attached hydrogens (tertiary/aromatic N) is 2. The zero-order valence-electron chi connectivity index (χ0n) is 10.5. The van der Waals surface area contributed by atoms with Crippen LogP contribution >= 0.6 is 0 Å². The van der Waals surface area contributed by atoms with Crippen molar-refractivity contribution in [3.8, 4) is 0 Å². The van der Waals surface area contributed by atoms with Crippen molar-refractivity contribution in [3.05, 3.63) is 40.4 Å². The van der Waals surface area contributed by atoms with E-state index in [1.54, 1.807) is 0 Å². The molecule has 1 N–H and O–H groups in total. The average molecular weight is 243 g/mol. The fourth-order valence-corrected chi connectivity index (χ4v) is 2.89. The van der Waals surface area contributed by atoms with Crippen molar-refractivity contribution in [3.63, 3.8) is 0 Å². The van der Waals surface area contributed by atoms with E-state index in [4.69, 9.17) is 0 Å². The van der Waals surface area contributed by atoms with Crippen molar-refractivity contribution < 1.29 is 0 Å². The van der Waals surface area contributed by atoms with Crippen LogP contribution in [0.3, 0.4) is 0 Å². The molecule has 1 aliphatic rings.